The standard InChI is InChI=1S/C22H21N5O3S/c1-3-27-16-7-5-4-6-15(16)19-20(27)24-22(26-25-19)31-13(2)21(28)23-14-8-9-17-18(12-14)30-11-10-29-17/h4-9,12-13H,3,10-11H2,1-2H3,(H,23,28)/t13-/m0/s1. The van der Waals surface area contributed by atoms with Crippen LogP contribution in [0, 0.1) is 0 Å². The molecule has 0 fully saturated rings. The van der Waals surface area contributed by atoms with Gasteiger partial charge < -0.3 is 19.4 Å². The van der Waals surface area contributed by atoms with Crippen LogP contribution in [0.5, 0.6) is 11.5 Å². The molecule has 9 heteroatoms. The number of anilines is 1. The number of amides is 1. The highest BCUT2D eigenvalue weighted by atomic mass is 32.2. The molecule has 1 aliphatic heterocycles. The van der Waals surface area contributed by atoms with Gasteiger partial charge >= 0.3 is 0 Å². The van der Waals surface area contributed by atoms with Crippen LogP contribution in [0.4, 0.5) is 5.69 Å². The summed E-state index contributed by atoms with van der Waals surface area (Å²) in [4.78, 5) is 17.4. The monoisotopic (exact) mass is 435 g/mol. The molecule has 1 N–H and O–H groups in total. The molecule has 0 spiro atoms. The van der Waals surface area contributed by atoms with Crippen LogP contribution in [0.2, 0.25) is 0 Å². The molecular formula is C22H21N5O3S. The maximum Gasteiger partial charge on any atom is 0.237 e. The lowest BCUT2D eigenvalue weighted by Crippen LogP contribution is -2.23. The summed E-state index contributed by atoms with van der Waals surface area (Å²) in [5, 5.41) is 12.7. The Morgan fingerprint density at radius 2 is 1.97 bits per heavy atom. The van der Waals surface area contributed by atoms with E-state index < -0.39 is 5.25 Å². The second-order valence-electron chi connectivity index (χ2n) is 7.14. The summed E-state index contributed by atoms with van der Waals surface area (Å²) in [6.45, 7) is 5.69. The van der Waals surface area contributed by atoms with E-state index >= 15 is 0 Å². The summed E-state index contributed by atoms with van der Waals surface area (Å²) in [5.74, 6) is 1.17. The van der Waals surface area contributed by atoms with Crippen LogP contribution in [-0.2, 0) is 11.3 Å². The van der Waals surface area contributed by atoms with Crippen molar-refractivity contribution in [3.05, 3.63) is 42.5 Å². The maximum atomic E-state index is 12.7. The first kappa shape index (κ1) is 19.6. The Labute approximate surface area is 183 Å². The fourth-order valence-corrected chi connectivity index (χ4v) is 4.35. The van der Waals surface area contributed by atoms with Crippen LogP contribution in [-0.4, -0.2) is 44.1 Å². The highest BCUT2D eigenvalue weighted by Crippen LogP contribution is 2.33. The number of carbonyl (C=O) groups is 1. The van der Waals surface area contributed by atoms with Crippen molar-refractivity contribution in [2.45, 2.75) is 30.8 Å². The number of thioether (sulfide) groups is 1. The third-order valence-electron chi connectivity index (χ3n) is 5.13. The predicted molar refractivity (Wildman–Crippen MR) is 120 cm³/mol. The summed E-state index contributed by atoms with van der Waals surface area (Å²) < 4.78 is 13.2. The van der Waals surface area contributed by atoms with Crippen molar-refractivity contribution in [1.29, 1.82) is 0 Å². The number of fused-ring (bicyclic) bond motifs is 4. The van der Waals surface area contributed by atoms with Crippen LogP contribution >= 0.6 is 11.8 Å². The van der Waals surface area contributed by atoms with Crippen LogP contribution in [0.3, 0.4) is 0 Å². The van der Waals surface area contributed by atoms with Gasteiger partial charge in [-0.3, -0.25) is 4.79 Å². The van der Waals surface area contributed by atoms with Crippen LogP contribution in [0.25, 0.3) is 22.1 Å². The molecule has 2 aromatic carbocycles. The van der Waals surface area contributed by atoms with Crippen molar-refractivity contribution < 1.29 is 14.3 Å². The molecule has 8 nitrogen and oxygen atoms in total. The van der Waals surface area contributed by atoms with E-state index in [1.807, 2.05) is 25.1 Å². The number of benzene rings is 2. The van der Waals surface area contributed by atoms with Crippen LogP contribution < -0.4 is 14.8 Å². The van der Waals surface area contributed by atoms with Gasteiger partial charge in [0.2, 0.25) is 11.1 Å². The molecule has 1 atom stereocenters. The molecular weight excluding hydrogens is 414 g/mol. The lowest BCUT2D eigenvalue weighted by Gasteiger charge is -2.19. The summed E-state index contributed by atoms with van der Waals surface area (Å²) in [5.41, 5.74) is 3.28. The summed E-state index contributed by atoms with van der Waals surface area (Å²) >= 11 is 1.28. The van der Waals surface area contributed by atoms with Gasteiger partial charge in [0.05, 0.1) is 10.8 Å². The van der Waals surface area contributed by atoms with Gasteiger partial charge in [0, 0.05) is 23.7 Å². The first-order valence-electron chi connectivity index (χ1n) is 10.1. The number of nitrogens with one attached hydrogen (secondary N) is 1. The molecule has 3 heterocycles. The Balaban J connectivity index is 1.35. The lowest BCUT2D eigenvalue weighted by atomic mass is 10.2. The third-order valence-corrected chi connectivity index (χ3v) is 6.08. The van der Waals surface area contributed by atoms with Crippen LogP contribution in [0.1, 0.15) is 13.8 Å². The molecule has 1 aliphatic rings. The number of para-hydroxylation sites is 1. The second-order valence-corrected chi connectivity index (χ2v) is 8.44. The van der Waals surface area contributed by atoms with Crippen molar-refractivity contribution in [2.75, 3.05) is 18.5 Å². The lowest BCUT2D eigenvalue weighted by molar-refractivity contribution is -0.115. The average molecular weight is 436 g/mol. The predicted octanol–water partition coefficient (Wildman–Crippen LogP) is 3.89. The van der Waals surface area contributed by atoms with Gasteiger partial charge in [0.25, 0.3) is 0 Å². The molecule has 4 aromatic rings. The molecule has 5 rings (SSSR count). The number of hydrogen-bond donors (Lipinski definition) is 1. The Morgan fingerprint density at radius 1 is 1.16 bits per heavy atom. The van der Waals surface area contributed by atoms with E-state index in [-0.39, 0.29) is 5.91 Å². The van der Waals surface area contributed by atoms with Gasteiger partial charge in [-0.15, -0.1) is 10.2 Å². The summed E-state index contributed by atoms with van der Waals surface area (Å²) in [7, 11) is 0. The van der Waals surface area contributed by atoms with Gasteiger partial charge in [0.1, 0.15) is 18.7 Å². The van der Waals surface area contributed by atoms with Crippen molar-refractivity contribution in [2.24, 2.45) is 0 Å². The van der Waals surface area contributed by atoms with E-state index in [0.717, 1.165) is 28.6 Å². The number of aryl methyl sites for hydroxylation is 1. The highest BCUT2D eigenvalue weighted by molar-refractivity contribution is 8.00. The minimum atomic E-state index is -0.410. The number of rotatable bonds is 5. The molecule has 0 bridgehead atoms. The number of ether oxygens (including phenoxy) is 2. The zero-order valence-corrected chi connectivity index (χ0v) is 18.0. The van der Waals surface area contributed by atoms with Gasteiger partial charge in [-0.25, -0.2) is 4.98 Å². The number of hydrogen-bond acceptors (Lipinski definition) is 7. The first-order valence-corrected chi connectivity index (χ1v) is 11.0. The van der Waals surface area contributed by atoms with Gasteiger partial charge in [-0.05, 0) is 32.0 Å². The Hall–Kier alpha value is -3.33. The number of aromatic nitrogens is 4. The largest absolute Gasteiger partial charge is 0.486 e. The molecule has 158 valence electrons. The molecule has 0 aliphatic carbocycles. The zero-order chi connectivity index (χ0) is 21.4. The van der Waals surface area contributed by atoms with Crippen molar-refractivity contribution in [3.8, 4) is 11.5 Å². The molecule has 2 aromatic heterocycles. The minimum Gasteiger partial charge on any atom is -0.486 e. The molecule has 0 saturated carbocycles. The van der Waals surface area contributed by atoms with E-state index in [1.54, 1.807) is 18.2 Å². The molecule has 0 radical (unpaired) electrons. The fourth-order valence-electron chi connectivity index (χ4n) is 3.64. The Bertz CT molecular complexity index is 1290. The SMILES string of the molecule is CCn1c2ccccc2c2nnc(S[C@@H](C)C(=O)Nc3ccc4c(c3)OCCO4)nc21. The quantitative estimate of drug-likeness (QED) is 0.476. The van der Waals surface area contributed by atoms with Crippen LogP contribution in [0.15, 0.2) is 47.6 Å². The fraction of sp³-hybridized carbons (Fsp3) is 0.273. The summed E-state index contributed by atoms with van der Waals surface area (Å²) in [6.07, 6.45) is 0. The molecule has 0 unspecified atom stereocenters. The van der Waals surface area contributed by atoms with Crippen molar-refractivity contribution in [3.63, 3.8) is 0 Å². The van der Waals surface area contributed by atoms with E-state index in [9.17, 15) is 4.79 Å². The van der Waals surface area contributed by atoms with Gasteiger partial charge in [-0.2, -0.15) is 0 Å². The summed E-state index contributed by atoms with van der Waals surface area (Å²) in [6, 6.07) is 13.4. The Morgan fingerprint density at radius 3 is 2.81 bits per heavy atom. The number of nitrogens with zero attached hydrogens (tertiary/aromatic N) is 4. The Kier molecular flexibility index (Phi) is 5.11. The zero-order valence-electron chi connectivity index (χ0n) is 17.2. The normalized spacial score (nSPS) is 14.0. The highest BCUT2D eigenvalue weighted by Gasteiger charge is 2.20. The van der Waals surface area contributed by atoms with E-state index in [2.05, 4.69) is 33.1 Å². The molecule has 0 saturated heterocycles. The first-order chi connectivity index (χ1) is 15.1. The minimum absolute atomic E-state index is 0.151. The van der Waals surface area contributed by atoms with Crippen molar-refractivity contribution in [1.82, 2.24) is 19.7 Å². The smallest absolute Gasteiger partial charge is 0.237 e. The van der Waals surface area contributed by atoms with Gasteiger partial charge in [0.15, 0.2) is 17.1 Å². The number of carbonyl (C=O) groups excluding carboxylic acids is 1. The topological polar surface area (TPSA) is 91.2 Å². The van der Waals surface area contributed by atoms with Crippen molar-refractivity contribution >= 4 is 45.4 Å². The molecule has 31 heavy (non-hydrogen) atoms. The second kappa shape index (κ2) is 8.07. The van der Waals surface area contributed by atoms with E-state index in [1.165, 1.54) is 11.8 Å². The molecule has 1 amide bonds. The van der Waals surface area contributed by atoms with E-state index in [0.29, 0.717) is 35.6 Å². The third kappa shape index (κ3) is 3.65. The van der Waals surface area contributed by atoms with Gasteiger partial charge in [-0.1, -0.05) is 30.0 Å². The van der Waals surface area contributed by atoms with E-state index in [4.69, 9.17) is 14.5 Å². The average Bonchev–Trinajstić information content (AvgIpc) is 3.11. The maximum absolute atomic E-state index is 12.7.